The van der Waals surface area contributed by atoms with Crippen molar-refractivity contribution in [1.82, 2.24) is 0 Å². The van der Waals surface area contributed by atoms with Crippen LogP contribution in [0, 0.1) is 0 Å². The zero-order chi connectivity index (χ0) is 22.5. The van der Waals surface area contributed by atoms with E-state index in [4.69, 9.17) is 9.47 Å². The summed E-state index contributed by atoms with van der Waals surface area (Å²) in [5.74, 6) is 0.617. The molecule has 0 radical (unpaired) electrons. The fourth-order valence-corrected chi connectivity index (χ4v) is 6.63. The number of carbonyl (C=O) groups excluding carboxylic acids is 1. The van der Waals surface area contributed by atoms with Gasteiger partial charge in [-0.05, 0) is 35.4 Å². The van der Waals surface area contributed by atoms with Gasteiger partial charge in [0, 0.05) is 16.5 Å². The Morgan fingerprint density at radius 2 is 1.47 bits per heavy atom. The lowest BCUT2D eigenvalue weighted by Crippen LogP contribution is -2.28. The summed E-state index contributed by atoms with van der Waals surface area (Å²) >= 11 is 0. The van der Waals surface area contributed by atoms with E-state index in [1.807, 2.05) is 60.7 Å². The van der Waals surface area contributed by atoms with Gasteiger partial charge in [0.25, 0.3) is 0 Å². The summed E-state index contributed by atoms with van der Waals surface area (Å²) in [7, 11) is -0.337. The van der Waals surface area contributed by atoms with Crippen LogP contribution in [-0.2, 0) is 9.53 Å². The SMILES string of the molecule is COc1ccc(N2[C@@H](c3ccccc3)[C@@]23OC(=O)C([Si](C)(C)C)=C3c2ccccc2)cc1. The highest BCUT2D eigenvalue weighted by molar-refractivity contribution is 6.88. The molecule has 5 rings (SSSR count). The molecule has 0 N–H and O–H groups in total. The van der Waals surface area contributed by atoms with E-state index in [0.717, 1.165) is 33.3 Å². The number of nitrogens with zero attached hydrogens (tertiary/aromatic N) is 1. The Balaban J connectivity index is 1.75. The number of anilines is 1. The van der Waals surface area contributed by atoms with Crippen molar-refractivity contribution in [1.29, 1.82) is 0 Å². The van der Waals surface area contributed by atoms with Crippen LogP contribution in [0.15, 0.2) is 90.1 Å². The molecule has 3 aromatic carbocycles. The Labute approximate surface area is 190 Å². The van der Waals surface area contributed by atoms with E-state index >= 15 is 0 Å². The molecule has 2 aliphatic heterocycles. The van der Waals surface area contributed by atoms with Gasteiger partial charge < -0.3 is 14.4 Å². The van der Waals surface area contributed by atoms with E-state index in [1.165, 1.54) is 0 Å². The molecule has 0 bridgehead atoms. The number of rotatable bonds is 5. The van der Waals surface area contributed by atoms with Crippen molar-refractivity contribution in [3.8, 4) is 5.75 Å². The van der Waals surface area contributed by atoms with Gasteiger partial charge >= 0.3 is 5.97 Å². The second-order valence-corrected chi connectivity index (χ2v) is 14.3. The van der Waals surface area contributed by atoms with Crippen LogP contribution >= 0.6 is 0 Å². The minimum Gasteiger partial charge on any atom is -0.497 e. The molecule has 0 aromatic heterocycles. The Hall–Kier alpha value is -3.31. The third kappa shape index (κ3) is 3.07. The van der Waals surface area contributed by atoms with Crippen LogP contribution in [0.1, 0.15) is 17.2 Å². The predicted molar refractivity (Wildman–Crippen MR) is 130 cm³/mol. The van der Waals surface area contributed by atoms with Crippen LogP contribution in [0.3, 0.4) is 0 Å². The highest BCUT2D eigenvalue weighted by atomic mass is 28.3. The standard InChI is InChI=1S/C27H27NO3Si/c1-30-22-17-15-21(16-18-22)28-25(20-13-9-6-10-14-20)27(28)23(19-11-7-5-8-12-19)24(26(29)31-27)32(2,3)4/h5-18,25H,1-4H3/t25-,27+,28?/m0/s1. The molecular formula is C27H27NO3Si. The van der Waals surface area contributed by atoms with E-state index in [-0.39, 0.29) is 12.0 Å². The van der Waals surface area contributed by atoms with Crippen LogP contribution in [0.5, 0.6) is 5.75 Å². The Kier molecular flexibility index (Phi) is 4.75. The molecule has 0 amide bonds. The van der Waals surface area contributed by atoms with E-state index in [9.17, 15) is 4.79 Å². The highest BCUT2D eigenvalue weighted by Gasteiger charge is 2.73. The Bertz CT molecular complexity index is 1180. The Morgan fingerprint density at radius 3 is 2.03 bits per heavy atom. The van der Waals surface area contributed by atoms with Crippen molar-refractivity contribution in [3.63, 3.8) is 0 Å². The third-order valence-corrected chi connectivity index (χ3v) is 8.21. The van der Waals surface area contributed by atoms with Gasteiger partial charge in [-0.3, -0.25) is 0 Å². The molecule has 1 fully saturated rings. The average molecular weight is 442 g/mol. The number of benzene rings is 3. The zero-order valence-electron chi connectivity index (χ0n) is 18.8. The summed E-state index contributed by atoms with van der Waals surface area (Å²) in [6.07, 6.45) is 0. The molecular weight excluding hydrogens is 414 g/mol. The van der Waals surface area contributed by atoms with Gasteiger partial charge in [-0.2, -0.15) is 0 Å². The van der Waals surface area contributed by atoms with Gasteiger partial charge in [0.15, 0.2) is 0 Å². The molecule has 5 heteroatoms. The fourth-order valence-electron chi connectivity index (χ4n) is 4.89. The second-order valence-electron chi connectivity index (χ2n) is 9.33. The maximum absolute atomic E-state index is 13.4. The van der Waals surface area contributed by atoms with Gasteiger partial charge in [-0.15, -0.1) is 0 Å². The number of ether oxygens (including phenoxy) is 2. The average Bonchev–Trinajstić information content (AvgIpc) is 3.33. The molecule has 0 aliphatic carbocycles. The molecule has 1 saturated heterocycles. The lowest BCUT2D eigenvalue weighted by atomic mass is 9.96. The van der Waals surface area contributed by atoms with E-state index in [2.05, 4.69) is 48.8 Å². The summed E-state index contributed by atoms with van der Waals surface area (Å²) in [5.41, 5.74) is 3.35. The molecule has 162 valence electrons. The summed E-state index contributed by atoms with van der Waals surface area (Å²) in [5, 5.41) is 0.876. The van der Waals surface area contributed by atoms with Crippen molar-refractivity contribution < 1.29 is 14.3 Å². The summed E-state index contributed by atoms with van der Waals surface area (Å²) in [6, 6.07) is 28.4. The number of carbonyl (C=O) groups is 1. The van der Waals surface area contributed by atoms with Gasteiger partial charge in [0.05, 0.1) is 15.2 Å². The van der Waals surface area contributed by atoms with Crippen LogP contribution in [0.25, 0.3) is 5.57 Å². The highest BCUT2D eigenvalue weighted by Crippen LogP contribution is 2.66. The molecule has 0 saturated carbocycles. The van der Waals surface area contributed by atoms with Crippen molar-refractivity contribution in [3.05, 3.63) is 101 Å². The maximum atomic E-state index is 13.4. The topological polar surface area (TPSA) is 38.5 Å². The van der Waals surface area contributed by atoms with E-state index < -0.39 is 13.8 Å². The van der Waals surface area contributed by atoms with Crippen molar-refractivity contribution >= 4 is 25.3 Å². The maximum Gasteiger partial charge on any atom is 0.332 e. The number of esters is 1. The smallest absolute Gasteiger partial charge is 0.332 e. The largest absolute Gasteiger partial charge is 0.497 e. The molecule has 2 aliphatic rings. The van der Waals surface area contributed by atoms with Gasteiger partial charge in [0.2, 0.25) is 5.72 Å². The third-order valence-electron chi connectivity index (χ3n) is 6.26. The van der Waals surface area contributed by atoms with Crippen LogP contribution in [0.2, 0.25) is 19.6 Å². The van der Waals surface area contributed by atoms with Crippen molar-refractivity contribution in [2.24, 2.45) is 0 Å². The number of hydrogen-bond acceptors (Lipinski definition) is 4. The number of methoxy groups -OCH3 is 1. The van der Waals surface area contributed by atoms with Crippen LogP contribution in [0.4, 0.5) is 5.69 Å². The van der Waals surface area contributed by atoms with Gasteiger partial charge in [-0.1, -0.05) is 80.3 Å². The zero-order valence-corrected chi connectivity index (χ0v) is 19.8. The first kappa shape index (κ1) is 20.6. The molecule has 3 aromatic rings. The number of hydrogen-bond donors (Lipinski definition) is 0. The summed E-state index contributed by atoms with van der Waals surface area (Å²) in [6.45, 7) is 6.63. The Morgan fingerprint density at radius 1 is 0.875 bits per heavy atom. The summed E-state index contributed by atoms with van der Waals surface area (Å²) in [4.78, 5) is 15.7. The second kappa shape index (κ2) is 7.38. The molecule has 4 nitrogen and oxygen atoms in total. The lowest BCUT2D eigenvalue weighted by molar-refractivity contribution is -0.140. The lowest BCUT2D eigenvalue weighted by Gasteiger charge is -2.19. The summed E-state index contributed by atoms with van der Waals surface area (Å²) < 4.78 is 11.7. The molecule has 0 unspecified atom stereocenters. The molecule has 32 heavy (non-hydrogen) atoms. The van der Waals surface area contributed by atoms with Crippen molar-refractivity contribution in [2.45, 2.75) is 31.4 Å². The van der Waals surface area contributed by atoms with Crippen molar-refractivity contribution in [2.75, 3.05) is 12.0 Å². The van der Waals surface area contributed by atoms with E-state index in [1.54, 1.807) is 7.11 Å². The minimum atomic E-state index is -2.00. The first-order chi connectivity index (χ1) is 15.4. The van der Waals surface area contributed by atoms with Crippen LogP contribution in [-0.4, -0.2) is 26.9 Å². The van der Waals surface area contributed by atoms with Gasteiger partial charge in [0.1, 0.15) is 11.8 Å². The van der Waals surface area contributed by atoms with Crippen LogP contribution < -0.4 is 9.64 Å². The minimum absolute atomic E-state index is 0.0925. The predicted octanol–water partition coefficient (Wildman–Crippen LogP) is 5.84. The molecule has 1 spiro atoms. The first-order valence-corrected chi connectivity index (χ1v) is 14.4. The normalized spacial score (nSPS) is 22.3. The molecule has 2 heterocycles. The first-order valence-electron chi connectivity index (χ1n) is 10.9. The van der Waals surface area contributed by atoms with Gasteiger partial charge in [-0.25, -0.2) is 4.79 Å². The quantitative estimate of drug-likeness (QED) is 0.283. The molecule has 2 atom stereocenters. The monoisotopic (exact) mass is 441 g/mol. The fraction of sp³-hybridized carbons (Fsp3) is 0.222. The van der Waals surface area contributed by atoms with E-state index in [0.29, 0.717) is 0 Å².